The molecule has 2 heterocycles. The Labute approximate surface area is 171 Å². The highest BCUT2D eigenvalue weighted by Gasteiger charge is 2.30. The molecule has 0 aromatic heterocycles. The van der Waals surface area contributed by atoms with Gasteiger partial charge in [0.2, 0.25) is 5.91 Å². The SMILES string of the molecule is C[C@@H](c1ccc(F)cc1)N(C)C(=O)CN1CCC[C@@H]1c1ccc2c(c1)OCCO2. The van der Waals surface area contributed by atoms with E-state index >= 15 is 0 Å². The second-order valence-electron chi connectivity index (χ2n) is 7.76. The van der Waals surface area contributed by atoms with Gasteiger partial charge in [-0.15, -0.1) is 0 Å². The van der Waals surface area contributed by atoms with Gasteiger partial charge in [0.05, 0.1) is 12.6 Å². The van der Waals surface area contributed by atoms with Crippen molar-refractivity contribution in [1.29, 1.82) is 0 Å². The van der Waals surface area contributed by atoms with Crippen LogP contribution in [0, 0.1) is 5.82 Å². The van der Waals surface area contributed by atoms with E-state index in [0.717, 1.165) is 42.0 Å². The largest absolute Gasteiger partial charge is 0.486 e. The van der Waals surface area contributed by atoms with Crippen LogP contribution >= 0.6 is 0 Å². The zero-order valence-corrected chi connectivity index (χ0v) is 16.9. The predicted octanol–water partition coefficient (Wildman–Crippen LogP) is 3.95. The van der Waals surface area contributed by atoms with Gasteiger partial charge in [0, 0.05) is 13.1 Å². The van der Waals surface area contributed by atoms with E-state index in [1.54, 1.807) is 17.0 Å². The molecule has 6 heteroatoms. The Kier molecular flexibility index (Phi) is 5.72. The third-order valence-corrected chi connectivity index (χ3v) is 5.98. The number of carbonyl (C=O) groups is 1. The van der Waals surface area contributed by atoms with Crippen LogP contribution in [-0.4, -0.2) is 49.1 Å². The van der Waals surface area contributed by atoms with E-state index in [1.165, 1.54) is 12.1 Å². The predicted molar refractivity (Wildman–Crippen MR) is 109 cm³/mol. The van der Waals surface area contributed by atoms with Crippen LogP contribution in [0.25, 0.3) is 0 Å². The molecule has 29 heavy (non-hydrogen) atoms. The van der Waals surface area contributed by atoms with Gasteiger partial charge in [0.15, 0.2) is 11.5 Å². The summed E-state index contributed by atoms with van der Waals surface area (Å²) in [5.74, 6) is 1.36. The van der Waals surface area contributed by atoms with Crippen molar-refractivity contribution in [2.75, 3.05) is 33.4 Å². The Hall–Kier alpha value is -2.60. The highest BCUT2D eigenvalue weighted by molar-refractivity contribution is 5.78. The van der Waals surface area contributed by atoms with E-state index in [0.29, 0.717) is 19.8 Å². The topological polar surface area (TPSA) is 42.0 Å². The summed E-state index contributed by atoms with van der Waals surface area (Å²) >= 11 is 0. The van der Waals surface area contributed by atoms with Gasteiger partial charge < -0.3 is 14.4 Å². The van der Waals surface area contributed by atoms with Crippen LogP contribution in [0.5, 0.6) is 11.5 Å². The standard InChI is InChI=1S/C23H27FN2O3/c1-16(17-5-8-19(24)9-6-17)25(2)23(27)15-26-11-3-4-20(26)18-7-10-21-22(14-18)29-13-12-28-21/h5-10,14,16,20H,3-4,11-13,15H2,1-2H3/t16-,20+/m0/s1. The average molecular weight is 398 g/mol. The summed E-state index contributed by atoms with van der Waals surface area (Å²) in [5.41, 5.74) is 2.08. The highest BCUT2D eigenvalue weighted by atomic mass is 19.1. The molecule has 5 nitrogen and oxygen atoms in total. The number of likely N-dealkylation sites (N-methyl/N-ethyl adjacent to an activating group) is 1. The highest BCUT2D eigenvalue weighted by Crippen LogP contribution is 2.38. The van der Waals surface area contributed by atoms with Gasteiger partial charge in [0.25, 0.3) is 0 Å². The number of ether oxygens (including phenoxy) is 2. The first kappa shape index (κ1) is 19.7. The Morgan fingerprint density at radius 2 is 1.90 bits per heavy atom. The first-order chi connectivity index (χ1) is 14.0. The maximum atomic E-state index is 13.2. The maximum Gasteiger partial charge on any atom is 0.237 e. The number of nitrogens with zero attached hydrogens (tertiary/aromatic N) is 2. The molecule has 2 aromatic carbocycles. The summed E-state index contributed by atoms with van der Waals surface area (Å²) in [5, 5.41) is 0. The minimum atomic E-state index is -0.269. The summed E-state index contributed by atoms with van der Waals surface area (Å²) in [7, 11) is 1.81. The third-order valence-electron chi connectivity index (χ3n) is 5.98. The molecule has 0 unspecified atom stereocenters. The molecule has 0 N–H and O–H groups in total. The van der Waals surface area contributed by atoms with Crippen LogP contribution in [0.2, 0.25) is 0 Å². The number of fused-ring (bicyclic) bond motifs is 1. The Balaban J connectivity index is 1.44. The molecule has 0 aliphatic carbocycles. The van der Waals surface area contributed by atoms with Gasteiger partial charge in [-0.05, 0) is 61.7 Å². The Morgan fingerprint density at radius 3 is 2.66 bits per heavy atom. The summed E-state index contributed by atoms with van der Waals surface area (Å²) < 4.78 is 24.5. The van der Waals surface area contributed by atoms with Crippen LogP contribution in [0.1, 0.15) is 43.0 Å². The zero-order chi connectivity index (χ0) is 20.4. The fourth-order valence-corrected chi connectivity index (χ4v) is 4.13. The van der Waals surface area contributed by atoms with E-state index in [4.69, 9.17) is 9.47 Å². The van der Waals surface area contributed by atoms with Crippen molar-refractivity contribution >= 4 is 5.91 Å². The number of benzene rings is 2. The number of likely N-dealkylation sites (tertiary alicyclic amines) is 1. The minimum Gasteiger partial charge on any atom is -0.486 e. The molecule has 0 spiro atoms. The molecule has 2 aliphatic heterocycles. The molecule has 1 saturated heterocycles. The zero-order valence-electron chi connectivity index (χ0n) is 16.9. The molecule has 0 bridgehead atoms. The first-order valence-corrected chi connectivity index (χ1v) is 10.2. The number of halogens is 1. The van der Waals surface area contributed by atoms with Crippen molar-refractivity contribution in [2.24, 2.45) is 0 Å². The number of rotatable bonds is 5. The normalized spacial score (nSPS) is 19.8. The quantitative estimate of drug-likeness (QED) is 0.765. The lowest BCUT2D eigenvalue weighted by Gasteiger charge is -2.30. The minimum absolute atomic E-state index is 0.0614. The van der Waals surface area contributed by atoms with Crippen LogP contribution in [0.4, 0.5) is 4.39 Å². The molecule has 2 aliphatic rings. The number of amides is 1. The molecule has 4 rings (SSSR count). The van der Waals surface area contributed by atoms with Crippen LogP contribution in [-0.2, 0) is 4.79 Å². The van der Waals surface area contributed by atoms with Crippen molar-refractivity contribution in [1.82, 2.24) is 9.80 Å². The second kappa shape index (κ2) is 8.41. The van der Waals surface area contributed by atoms with E-state index in [2.05, 4.69) is 11.0 Å². The number of hydrogen-bond donors (Lipinski definition) is 0. The maximum absolute atomic E-state index is 13.2. The second-order valence-corrected chi connectivity index (χ2v) is 7.76. The van der Waals surface area contributed by atoms with E-state index in [9.17, 15) is 9.18 Å². The molecular weight excluding hydrogens is 371 g/mol. The van der Waals surface area contributed by atoms with Crippen molar-refractivity contribution in [3.8, 4) is 11.5 Å². The average Bonchev–Trinajstić information content (AvgIpc) is 3.21. The monoisotopic (exact) mass is 398 g/mol. The molecule has 2 atom stereocenters. The molecule has 1 amide bonds. The number of hydrogen-bond acceptors (Lipinski definition) is 4. The van der Waals surface area contributed by atoms with E-state index in [-0.39, 0.29) is 23.8 Å². The fraction of sp³-hybridized carbons (Fsp3) is 0.435. The van der Waals surface area contributed by atoms with Gasteiger partial charge in [0.1, 0.15) is 19.0 Å². The first-order valence-electron chi connectivity index (χ1n) is 10.2. The summed E-state index contributed by atoms with van der Waals surface area (Å²) in [6.07, 6.45) is 2.08. The molecule has 1 fully saturated rings. The summed E-state index contributed by atoms with van der Waals surface area (Å²) in [6, 6.07) is 12.5. The fourth-order valence-electron chi connectivity index (χ4n) is 4.13. The van der Waals surface area contributed by atoms with E-state index in [1.807, 2.05) is 26.1 Å². The molecule has 2 aromatic rings. The van der Waals surface area contributed by atoms with Gasteiger partial charge >= 0.3 is 0 Å². The van der Waals surface area contributed by atoms with Crippen LogP contribution in [0.15, 0.2) is 42.5 Å². The lowest BCUT2D eigenvalue weighted by Crippen LogP contribution is -2.39. The van der Waals surface area contributed by atoms with Crippen LogP contribution in [0.3, 0.4) is 0 Å². The van der Waals surface area contributed by atoms with Crippen molar-refractivity contribution in [3.63, 3.8) is 0 Å². The van der Waals surface area contributed by atoms with Gasteiger partial charge in [-0.3, -0.25) is 9.69 Å². The smallest absolute Gasteiger partial charge is 0.237 e. The van der Waals surface area contributed by atoms with Crippen molar-refractivity contribution in [2.45, 2.75) is 31.8 Å². The lowest BCUT2D eigenvalue weighted by atomic mass is 10.0. The molecule has 0 saturated carbocycles. The van der Waals surface area contributed by atoms with E-state index < -0.39 is 0 Å². The summed E-state index contributed by atoms with van der Waals surface area (Å²) in [4.78, 5) is 16.9. The molecular formula is C23H27FN2O3. The Bertz CT molecular complexity index is 871. The van der Waals surface area contributed by atoms with Gasteiger partial charge in [-0.1, -0.05) is 18.2 Å². The van der Waals surface area contributed by atoms with Crippen molar-refractivity contribution < 1.29 is 18.7 Å². The summed E-state index contributed by atoms with van der Waals surface area (Å²) in [6.45, 7) is 4.36. The molecule has 154 valence electrons. The van der Waals surface area contributed by atoms with Crippen molar-refractivity contribution in [3.05, 3.63) is 59.4 Å². The van der Waals surface area contributed by atoms with Gasteiger partial charge in [-0.2, -0.15) is 0 Å². The van der Waals surface area contributed by atoms with Crippen LogP contribution < -0.4 is 9.47 Å². The number of carbonyl (C=O) groups excluding carboxylic acids is 1. The molecule has 0 radical (unpaired) electrons. The Morgan fingerprint density at radius 1 is 1.17 bits per heavy atom. The lowest BCUT2D eigenvalue weighted by molar-refractivity contribution is -0.133. The van der Waals surface area contributed by atoms with Gasteiger partial charge in [-0.25, -0.2) is 4.39 Å². The third kappa shape index (κ3) is 4.22.